The molecular weight excluding hydrogens is 192 g/mol. The van der Waals surface area contributed by atoms with E-state index >= 15 is 0 Å². The Kier molecular flexibility index (Phi) is 4.37. The van der Waals surface area contributed by atoms with Gasteiger partial charge >= 0.3 is 0 Å². The third-order valence-electron chi connectivity index (χ3n) is 2.31. The van der Waals surface area contributed by atoms with E-state index in [-0.39, 0.29) is 11.9 Å². The van der Waals surface area contributed by atoms with Crippen LogP contribution in [-0.4, -0.2) is 19.5 Å². The van der Waals surface area contributed by atoms with E-state index in [0.717, 1.165) is 17.9 Å². The predicted molar refractivity (Wildman–Crippen MR) is 58.6 cm³/mol. The second-order valence-electron chi connectivity index (χ2n) is 3.43. The van der Waals surface area contributed by atoms with Crippen LogP contribution in [-0.2, 0) is 11.2 Å². The Balaban J connectivity index is 2.46. The van der Waals surface area contributed by atoms with Crippen LogP contribution in [0.2, 0.25) is 0 Å². The number of hydrogen-bond acceptors (Lipinski definition) is 3. The highest BCUT2D eigenvalue weighted by Gasteiger charge is 2.10. The molecule has 0 saturated heterocycles. The average Bonchev–Trinajstić information content (AvgIpc) is 2.73. The van der Waals surface area contributed by atoms with Gasteiger partial charge in [0.05, 0.1) is 12.6 Å². The minimum absolute atomic E-state index is 0.0240. The molecule has 0 aliphatic carbocycles. The maximum atomic E-state index is 11.0. The smallest absolute Gasteiger partial charge is 0.233 e. The Morgan fingerprint density at radius 2 is 2.27 bits per heavy atom. The van der Waals surface area contributed by atoms with E-state index < -0.39 is 0 Å². The summed E-state index contributed by atoms with van der Waals surface area (Å²) in [6.07, 6.45) is 0.891. The molecule has 1 unspecified atom stereocenters. The van der Waals surface area contributed by atoms with Crippen molar-refractivity contribution in [3.05, 3.63) is 23.7 Å². The molecule has 0 bridgehead atoms. The first-order valence-corrected chi connectivity index (χ1v) is 5.20. The van der Waals surface area contributed by atoms with Gasteiger partial charge in [0.15, 0.2) is 0 Å². The third-order valence-corrected chi connectivity index (χ3v) is 2.31. The Labute approximate surface area is 90.0 Å². The van der Waals surface area contributed by atoms with E-state index in [2.05, 4.69) is 10.6 Å². The van der Waals surface area contributed by atoms with Crippen molar-refractivity contribution in [2.24, 2.45) is 0 Å². The molecule has 1 aromatic heterocycles. The fourth-order valence-corrected chi connectivity index (χ4v) is 1.25. The van der Waals surface area contributed by atoms with Crippen LogP contribution in [0, 0.1) is 0 Å². The minimum Gasteiger partial charge on any atom is -0.464 e. The van der Waals surface area contributed by atoms with Crippen LogP contribution in [0.3, 0.4) is 0 Å². The second kappa shape index (κ2) is 5.56. The highest BCUT2D eigenvalue weighted by molar-refractivity contribution is 5.77. The molecule has 84 valence electrons. The number of furan rings is 1. The maximum Gasteiger partial charge on any atom is 0.233 e. The number of likely N-dealkylation sites (N-methyl/N-ethyl adjacent to an activating group) is 1. The zero-order valence-electron chi connectivity index (χ0n) is 9.46. The van der Waals surface area contributed by atoms with Gasteiger partial charge in [-0.15, -0.1) is 0 Å². The molecule has 0 aliphatic heterocycles. The lowest BCUT2D eigenvalue weighted by molar-refractivity contribution is -0.119. The summed E-state index contributed by atoms with van der Waals surface area (Å²) in [5.41, 5.74) is 0. The topological polar surface area (TPSA) is 54.3 Å². The molecule has 1 rings (SSSR count). The molecular formula is C11H18N2O2. The zero-order valence-corrected chi connectivity index (χ0v) is 9.46. The van der Waals surface area contributed by atoms with E-state index in [1.807, 2.05) is 26.0 Å². The number of rotatable bonds is 5. The molecule has 1 heterocycles. The zero-order chi connectivity index (χ0) is 11.3. The second-order valence-corrected chi connectivity index (χ2v) is 3.43. The average molecular weight is 210 g/mol. The SMILES string of the molecule is CCc1ccc(C(C)NCC(=O)NC)o1. The summed E-state index contributed by atoms with van der Waals surface area (Å²) < 4.78 is 5.57. The van der Waals surface area contributed by atoms with E-state index in [1.54, 1.807) is 7.05 Å². The van der Waals surface area contributed by atoms with Crippen molar-refractivity contribution in [1.82, 2.24) is 10.6 Å². The minimum atomic E-state index is -0.0240. The molecule has 0 aliphatic rings. The summed E-state index contributed by atoms with van der Waals surface area (Å²) in [5.74, 6) is 1.82. The van der Waals surface area contributed by atoms with Crippen molar-refractivity contribution in [2.45, 2.75) is 26.3 Å². The standard InChI is InChI=1S/C11H18N2O2/c1-4-9-5-6-10(15-9)8(2)13-7-11(14)12-3/h5-6,8,13H,4,7H2,1-3H3,(H,12,14). The van der Waals surface area contributed by atoms with Gasteiger partial charge in [-0.3, -0.25) is 10.1 Å². The molecule has 4 nitrogen and oxygen atoms in total. The summed E-state index contributed by atoms with van der Waals surface area (Å²) in [4.78, 5) is 11.0. The molecule has 4 heteroatoms. The summed E-state index contributed by atoms with van der Waals surface area (Å²) in [7, 11) is 1.62. The Bertz CT molecular complexity index is 320. The lowest BCUT2D eigenvalue weighted by Crippen LogP contribution is -2.32. The van der Waals surface area contributed by atoms with Crippen LogP contribution < -0.4 is 10.6 Å². The first-order chi connectivity index (χ1) is 7.17. The van der Waals surface area contributed by atoms with Crippen LogP contribution in [0.15, 0.2) is 16.5 Å². The number of carbonyl (C=O) groups excluding carboxylic acids is 1. The highest BCUT2D eigenvalue weighted by atomic mass is 16.3. The molecule has 0 spiro atoms. The lowest BCUT2D eigenvalue weighted by atomic mass is 10.2. The quantitative estimate of drug-likeness (QED) is 0.768. The molecule has 15 heavy (non-hydrogen) atoms. The van der Waals surface area contributed by atoms with Crippen molar-refractivity contribution in [3.8, 4) is 0 Å². The first kappa shape index (κ1) is 11.8. The van der Waals surface area contributed by atoms with Crippen molar-refractivity contribution in [1.29, 1.82) is 0 Å². The summed E-state index contributed by atoms with van der Waals surface area (Å²) >= 11 is 0. The van der Waals surface area contributed by atoms with Crippen LogP contribution in [0.4, 0.5) is 0 Å². The van der Waals surface area contributed by atoms with Gasteiger partial charge < -0.3 is 9.73 Å². The first-order valence-electron chi connectivity index (χ1n) is 5.20. The number of aryl methyl sites for hydroxylation is 1. The maximum absolute atomic E-state index is 11.0. The predicted octanol–water partition coefficient (Wildman–Crippen LogP) is 1.24. The summed E-state index contributed by atoms with van der Waals surface area (Å²) in [6.45, 7) is 4.33. The van der Waals surface area contributed by atoms with Crippen molar-refractivity contribution < 1.29 is 9.21 Å². The van der Waals surface area contributed by atoms with Gasteiger partial charge in [-0.1, -0.05) is 6.92 Å². The number of carbonyl (C=O) groups is 1. The van der Waals surface area contributed by atoms with Crippen LogP contribution in [0.1, 0.15) is 31.4 Å². The highest BCUT2D eigenvalue weighted by Crippen LogP contribution is 2.16. The van der Waals surface area contributed by atoms with Gasteiger partial charge in [-0.2, -0.15) is 0 Å². The molecule has 1 aromatic rings. The number of amides is 1. The van der Waals surface area contributed by atoms with Crippen LogP contribution >= 0.6 is 0 Å². The Morgan fingerprint density at radius 3 is 2.80 bits per heavy atom. The number of hydrogen-bond donors (Lipinski definition) is 2. The van der Waals surface area contributed by atoms with Crippen LogP contribution in [0.25, 0.3) is 0 Å². The molecule has 0 aromatic carbocycles. The van der Waals surface area contributed by atoms with Crippen LogP contribution in [0.5, 0.6) is 0 Å². The van der Waals surface area contributed by atoms with Gasteiger partial charge in [0.2, 0.25) is 5.91 Å². The fraction of sp³-hybridized carbons (Fsp3) is 0.545. The molecule has 1 atom stereocenters. The van der Waals surface area contributed by atoms with Gasteiger partial charge in [0.1, 0.15) is 11.5 Å². The number of nitrogens with one attached hydrogen (secondary N) is 2. The molecule has 0 radical (unpaired) electrons. The molecule has 0 fully saturated rings. The van der Waals surface area contributed by atoms with E-state index in [0.29, 0.717) is 6.54 Å². The van der Waals surface area contributed by atoms with Gasteiger partial charge in [-0.05, 0) is 19.1 Å². The van der Waals surface area contributed by atoms with Crippen molar-refractivity contribution >= 4 is 5.91 Å². The third kappa shape index (κ3) is 3.40. The molecule has 0 saturated carbocycles. The molecule has 1 amide bonds. The van der Waals surface area contributed by atoms with Gasteiger partial charge in [0.25, 0.3) is 0 Å². The largest absolute Gasteiger partial charge is 0.464 e. The normalized spacial score (nSPS) is 12.5. The summed E-state index contributed by atoms with van der Waals surface area (Å²) in [6, 6.07) is 3.97. The Hall–Kier alpha value is -1.29. The molecule has 2 N–H and O–H groups in total. The van der Waals surface area contributed by atoms with Crippen molar-refractivity contribution in [2.75, 3.05) is 13.6 Å². The lowest BCUT2D eigenvalue weighted by Gasteiger charge is -2.10. The fourth-order valence-electron chi connectivity index (χ4n) is 1.25. The van der Waals surface area contributed by atoms with Crippen molar-refractivity contribution in [3.63, 3.8) is 0 Å². The van der Waals surface area contributed by atoms with Gasteiger partial charge in [-0.25, -0.2) is 0 Å². The monoisotopic (exact) mass is 210 g/mol. The van der Waals surface area contributed by atoms with E-state index in [4.69, 9.17) is 4.42 Å². The van der Waals surface area contributed by atoms with E-state index in [9.17, 15) is 4.79 Å². The van der Waals surface area contributed by atoms with Gasteiger partial charge in [0, 0.05) is 13.5 Å². The van der Waals surface area contributed by atoms with E-state index in [1.165, 1.54) is 0 Å². The Morgan fingerprint density at radius 1 is 1.53 bits per heavy atom. The summed E-state index contributed by atoms with van der Waals surface area (Å²) in [5, 5.41) is 5.64.